The Morgan fingerprint density at radius 2 is 2.10 bits per heavy atom. The van der Waals surface area contributed by atoms with Gasteiger partial charge in [-0.15, -0.1) is 0 Å². The number of hydrogen-bond acceptors (Lipinski definition) is 4. The molecule has 0 aromatic heterocycles. The van der Waals surface area contributed by atoms with E-state index in [1.165, 1.54) is 5.56 Å². The van der Waals surface area contributed by atoms with Crippen LogP contribution >= 0.6 is 0 Å². The SMILES string of the molecule is CCOc1cc(CNC(C)(C)C)ccc1OC1CCOC1. The number of rotatable bonds is 6. The molecule has 1 aliphatic rings. The average Bonchev–Trinajstić information content (AvgIpc) is 2.91. The van der Waals surface area contributed by atoms with Crippen molar-refractivity contribution in [2.24, 2.45) is 0 Å². The van der Waals surface area contributed by atoms with Crippen molar-refractivity contribution in [2.45, 2.75) is 52.3 Å². The van der Waals surface area contributed by atoms with E-state index in [-0.39, 0.29) is 11.6 Å². The van der Waals surface area contributed by atoms with Gasteiger partial charge in [0.15, 0.2) is 11.5 Å². The van der Waals surface area contributed by atoms with Crippen LogP contribution in [0.3, 0.4) is 0 Å². The minimum Gasteiger partial charge on any atom is -0.490 e. The maximum absolute atomic E-state index is 5.99. The molecule has 1 aromatic rings. The van der Waals surface area contributed by atoms with Gasteiger partial charge in [-0.25, -0.2) is 0 Å². The zero-order chi connectivity index (χ0) is 15.3. The third-order valence-corrected chi connectivity index (χ3v) is 3.31. The number of nitrogens with one attached hydrogen (secondary N) is 1. The van der Waals surface area contributed by atoms with Crippen molar-refractivity contribution < 1.29 is 14.2 Å². The maximum atomic E-state index is 5.99. The highest BCUT2D eigenvalue weighted by Crippen LogP contribution is 2.30. The normalized spacial score (nSPS) is 18.8. The molecule has 1 fully saturated rings. The van der Waals surface area contributed by atoms with Gasteiger partial charge in [0.2, 0.25) is 0 Å². The smallest absolute Gasteiger partial charge is 0.161 e. The summed E-state index contributed by atoms with van der Waals surface area (Å²) in [7, 11) is 0. The van der Waals surface area contributed by atoms with Crippen LogP contribution in [0.2, 0.25) is 0 Å². The number of ether oxygens (including phenoxy) is 3. The molecule has 0 radical (unpaired) electrons. The van der Waals surface area contributed by atoms with Crippen molar-refractivity contribution in [3.8, 4) is 11.5 Å². The highest BCUT2D eigenvalue weighted by atomic mass is 16.6. The number of benzene rings is 1. The van der Waals surface area contributed by atoms with E-state index < -0.39 is 0 Å². The summed E-state index contributed by atoms with van der Waals surface area (Å²) in [6.45, 7) is 11.4. The molecule has 4 heteroatoms. The van der Waals surface area contributed by atoms with E-state index in [4.69, 9.17) is 14.2 Å². The van der Waals surface area contributed by atoms with Gasteiger partial charge in [-0.2, -0.15) is 0 Å². The van der Waals surface area contributed by atoms with Crippen LogP contribution in [0.15, 0.2) is 18.2 Å². The van der Waals surface area contributed by atoms with Crippen LogP contribution in [0.1, 0.15) is 39.7 Å². The molecule has 1 aromatic carbocycles. The maximum Gasteiger partial charge on any atom is 0.161 e. The largest absolute Gasteiger partial charge is 0.490 e. The summed E-state index contributed by atoms with van der Waals surface area (Å²) in [6, 6.07) is 6.16. The Balaban J connectivity index is 2.06. The van der Waals surface area contributed by atoms with Crippen LogP contribution in [0.4, 0.5) is 0 Å². The zero-order valence-electron chi connectivity index (χ0n) is 13.6. The van der Waals surface area contributed by atoms with E-state index in [0.29, 0.717) is 13.2 Å². The molecule has 1 atom stereocenters. The van der Waals surface area contributed by atoms with Crippen molar-refractivity contribution >= 4 is 0 Å². The Morgan fingerprint density at radius 1 is 1.29 bits per heavy atom. The van der Waals surface area contributed by atoms with E-state index in [1.54, 1.807) is 0 Å². The second kappa shape index (κ2) is 7.14. The molecule has 0 spiro atoms. The predicted octanol–water partition coefficient (Wildman–Crippen LogP) is 3.14. The van der Waals surface area contributed by atoms with E-state index >= 15 is 0 Å². The van der Waals surface area contributed by atoms with Gasteiger partial charge < -0.3 is 19.5 Å². The first-order chi connectivity index (χ1) is 9.98. The molecule has 21 heavy (non-hydrogen) atoms. The van der Waals surface area contributed by atoms with Crippen LogP contribution in [-0.2, 0) is 11.3 Å². The second-order valence-corrected chi connectivity index (χ2v) is 6.42. The molecule has 0 bridgehead atoms. The first kappa shape index (κ1) is 16.1. The van der Waals surface area contributed by atoms with Crippen molar-refractivity contribution in [1.82, 2.24) is 5.32 Å². The molecule has 1 aliphatic heterocycles. The standard InChI is InChI=1S/C17H27NO3/c1-5-20-16-10-13(11-18-17(2,3)4)6-7-15(16)21-14-8-9-19-12-14/h6-7,10,14,18H,5,8-9,11-12H2,1-4H3. The lowest BCUT2D eigenvalue weighted by molar-refractivity contribution is 0.138. The third-order valence-electron chi connectivity index (χ3n) is 3.31. The molecule has 118 valence electrons. The van der Waals surface area contributed by atoms with Crippen LogP contribution in [-0.4, -0.2) is 31.5 Å². The van der Waals surface area contributed by atoms with Crippen molar-refractivity contribution in [1.29, 1.82) is 0 Å². The minimum absolute atomic E-state index is 0.0993. The minimum atomic E-state index is 0.0993. The molecule has 1 saturated heterocycles. The monoisotopic (exact) mass is 293 g/mol. The Morgan fingerprint density at radius 3 is 2.71 bits per heavy atom. The van der Waals surface area contributed by atoms with E-state index in [9.17, 15) is 0 Å². The lowest BCUT2D eigenvalue weighted by Gasteiger charge is -2.21. The van der Waals surface area contributed by atoms with Gasteiger partial charge >= 0.3 is 0 Å². The molecule has 0 saturated carbocycles. The summed E-state index contributed by atoms with van der Waals surface area (Å²) in [4.78, 5) is 0. The topological polar surface area (TPSA) is 39.7 Å². The first-order valence-corrected chi connectivity index (χ1v) is 7.73. The number of hydrogen-bond donors (Lipinski definition) is 1. The predicted molar refractivity (Wildman–Crippen MR) is 84.1 cm³/mol. The van der Waals surface area contributed by atoms with Gasteiger partial charge in [-0.1, -0.05) is 6.07 Å². The summed E-state index contributed by atoms with van der Waals surface area (Å²) in [5.41, 5.74) is 1.30. The van der Waals surface area contributed by atoms with E-state index in [0.717, 1.165) is 31.1 Å². The van der Waals surface area contributed by atoms with Crippen LogP contribution in [0.25, 0.3) is 0 Å². The second-order valence-electron chi connectivity index (χ2n) is 6.42. The van der Waals surface area contributed by atoms with Gasteiger partial charge in [0.25, 0.3) is 0 Å². The van der Waals surface area contributed by atoms with E-state index in [1.807, 2.05) is 13.0 Å². The van der Waals surface area contributed by atoms with E-state index in [2.05, 4.69) is 38.2 Å². The summed E-state index contributed by atoms with van der Waals surface area (Å²) in [6.07, 6.45) is 1.08. The lowest BCUT2D eigenvalue weighted by Crippen LogP contribution is -2.35. The molecular formula is C17H27NO3. The highest BCUT2D eigenvalue weighted by molar-refractivity contribution is 5.43. The fourth-order valence-electron chi connectivity index (χ4n) is 2.18. The van der Waals surface area contributed by atoms with Crippen molar-refractivity contribution in [3.05, 3.63) is 23.8 Å². The van der Waals surface area contributed by atoms with Gasteiger partial charge in [0, 0.05) is 18.5 Å². The molecule has 0 amide bonds. The Kier molecular flexibility index (Phi) is 5.48. The Labute approximate surface area is 127 Å². The lowest BCUT2D eigenvalue weighted by atomic mass is 10.1. The summed E-state index contributed by atoms with van der Waals surface area (Å²) in [5, 5.41) is 3.48. The fourth-order valence-corrected chi connectivity index (χ4v) is 2.18. The summed E-state index contributed by atoms with van der Waals surface area (Å²) < 4.78 is 17.1. The molecule has 1 heterocycles. The van der Waals surface area contributed by atoms with Gasteiger partial charge in [0.1, 0.15) is 6.10 Å². The molecular weight excluding hydrogens is 266 g/mol. The third kappa shape index (κ3) is 5.21. The van der Waals surface area contributed by atoms with Gasteiger partial charge in [-0.05, 0) is 45.4 Å². The zero-order valence-corrected chi connectivity index (χ0v) is 13.6. The fraction of sp³-hybridized carbons (Fsp3) is 0.647. The Bertz CT molecular complexity index is 448. The van der Waals surface area contributed by atoms with Crippen LogP contribution < -0.4 is 14.8 Å². The molecule has 2 rings (SSSR count). The molecule has 1 N–H and O–H groups in total. The quantitative estimate of drug-likeness (QED) is 0.874. The van der Waals surface area contributed by atoms with Gasteiger partial charge in [0.05, 0.1) is 19.8 Å². The summed E-state index contributed by atoms with van der Waals surface area (Å²) >= 11 is 0. The molecule has 0 aliphatic carbocycles. The van der Waals surface area contributed by atoms with Crippen molar-refractivity contribution in [3.63, 3.8) is 0 Å². The average molecular weight is 293 g/mol. The van der Waals surface area contributed by atoms with Crippen LogP contribution in [0, 0.1) is 0 Å². The molecule has 1 unspecified atom stereocenters. The first-order valence-electron chi connectivity index (χ1n) is 7.73. The van der Waals surface area contributed by atoms with Gasteiger partial charge in [-0.3, -0.25) is 0 Å². The highest BCUT2D eigenvalue weighted by Gasteiger charge is 2.19. The van der Waals surface area contributed by atoms with Crippen molar-refractivity contribution in [2.75, 3.05) is 19.8 Å². The molecule has 4 nitrogen and oxygen atoms in total. The van der Waals surface area contributed by atoms with Crippen LogP contribution in [0.5, 0.6) is 11.5 Å². The Hall–Kier alpha value is -1.26. The summed E-state index contributed by atoms with van der Waals surface area (Å²) in [5.74, 6) is 1.63.